The molecule has 186 valence electrons. The Morgan fingerprint density at radius 3 is 2.58 bits per heavy atom. The number of carboxylic acid groups (broad SMARTS) is 1. The lowest BCUT2D eigenvalue weighted by Crippen LogP contribution is -2.50. The quantitative estimate of drug-likeness (QED) is 0.543. The topological polar surface area (TPSA) is 106 Å². The van der Waals surface area contributed by atoms with E-state index >= 15 is 0 Å². The number of hydrazone groups is 1. The third-order valence-corrected chi connectivity index (χ3v) is 7.06. The number of nitriles is 1. The molecule has 0 aromatic heterocycles. The predicted molar refractivity (Wildman–Crippen MR) is 139 cm³/mol. The molecular formula is C29H32N4O3. The molecule has 2 aliphatic carbocycles. The molecule has 36 heavy (non-hydrogen) atoms. The van der Waals surface area contributed by atoms with Crippen molar-refractivity contribution in [1.29, 1.82) is 5.26 Å². The van der Waals surface area contributed by atoms with Crippen molar-refractivity contribution in [3.63, 3.8) is 0 Å². The summed E-state index contributed by atoms with van der Waals surface area (Å²) in [6, 6.07) is 9.70. The van der Waals surface area contributed by atoms with Crippen molar-refractivity contribution >= 4 is 17.6 Å². The molecule has 3 aliphatic rings. The number of aliphatic carboxylic acids is 1. The lowest BCUT2D eigenvalue weighted by molar-refractivity contribution is -0.131. The highest BCUT2D eigenvalue weighted by Crippen LogP contribution is 2.34. The highest BCUT2D eigenvalue weighted by Gasteiger charge is 2.34. The summed E-state index contributed by atoms with van der Waals surface area (Å²) in [6.07, 6.45) is 16.1. The smallest absolute Gasteiger partial charge is 0.351 e. The Morgan fingerprint density at radius 2 is 1.92 bits per heavy atom. The lowest BCUT2D eigenvalue weighted by Gasteiger charge is -2.36. The van der Waals surface area contributed by atoms with Crippen LogP contribution in [0.2, 0.25) is 0 Å². The molecule has 1 saturated carbocycles. The number of rotatable bonds is 6. The molecule has 1 heterocycles. The van der Waals surface area contributed by atoms with Gasteiger partial charge in [-0.25, -0.2) is 9.80 Å². The van der Waals surface area contributed by atoms with Gasteiger partial charge in [0.2, 0.25) is 0 Å². The number of carboxylic acids is 1. The molecule has 2 N–H and O–H groups in total. The van der Waals surface area contributed by atoms with Crippen molar-refractivity contribution in [1.82, 2.24) is 10.3 Å². The van der Waals surface area contributed by atoms with Crippen LogP contribution in [0.15, 0.2) is 76.6 Å². The number of carbonyl (C=O) groups is 2. The number of benzene rings is 1. The van der Waals surface area contributed by atoms with Crippen molar-refractivity contribution < 1.29 is 14.7 Å². The first-order valence-electron chi connectivity index (χ1n) is 12.6. The minimum absolute atomic E-state index is 0.0462. The Bertz CT molecular complexity index is 1210. The van der Waals surface area contributed by atoms with Crippen molar-refractivity contribution in [2.24, 2.45) is 11.0 Å². The third-order valence-electron chi connectivity index (χ3n) is 7.06. The normalized spacial score (nSPS) is 23.1. The summed E-state index contributed by atoms with van der Waals surface area (Å²) in [4.78, 5) is 25.1. The molecule has 1 aromatic rings. The fourth-order valence-electron chi connectivity index (χ4n) is 5.02. The summed E-state index contributed by atoms with van der Waals surface area (Å²) in [5, 5.41) is 27.2. The van der Waals surface area contributed by atoms with Crippen LogP contribution in [-0.4, -0.2) is 33.9 Å². The second-order valence-electron chi connectivity index (χ2n) is 9.65. The Hall–Kier alpha value is -3.92. The van der Waals surface area contributed by atoms with Crippen LogP contribution in [0.1, 0.15) is 69.4 Å². The van der Waals surface area contributed by atoms with Crippen LogP contribution in [-0.2, 0) is 9.59 Å². The fourth-order valence-corrected chi connectivity index (χ4v) is 5.02. The van der Waals surface area contributed by atoms with Gasteiger partial charge in [0.25, 0.3) is 5.91 Å². The summed E-state index contributed by atoms with van der Waals surface area (Å²) in [5.74, 6) is -0.919. The SMILES string of the molecule is C/C(=N\N1C(=O)C(CC2CCCCC2)=C(C2=CC=CC(c3ccc(C#N)cc3)C=C2)NC1C)C(=O)O. The van der Waals surface area contributed by atoms with Crippen molar-refractivity contribution in [3.8, 4) is 6.07 Å². The standard InChI is InChI=1S/C29H32N4O3/c1-19(29(35)36)32-33-20(2)31-27(26(28(33)34)17-21-7-4-3-5-8-21)25-10-6-9-23(15-16-25)24-13-11-22(18-30)12-14-24/h6,9-16,20-21,23,31H,3-5,7-8,17H2,1-2H3,(H,35,36)/b32-19+. The van der Waals surface area contributed by atoms with Gasteiger partial charge in [-0.1, -0.05) is 74.6 Å². The molecule has 7 nitrogen and oxygen atoms in total. The van der Waals surface area contributed by atoms with Gasteiger partial charge in [-0.3, -0.25) is 4.79 Å². The van der Waals surface area contributed by atoms with Gasteiger partial charge in [-0.2, -0.15) is 10.4 Å². The summed E-state index contributed by atoms with van der Waals surface area (Å²) in [5.41, 5.74) is 3.94. The first kappa shape index (κ1) is 25.2. The van der Waals surface area contributed by atoms with Gasteiger partial charge >= 0.3 is 5.97 Å². The van der Waals surface area contributed by atoms with Gasteiger partial charge in [0.05, 0.1) is 17.3 Å². The highest BCUT2D eigenvalue weighted by atomic mass is 16.4. The summed E-state index contributed by atoms with van der Waals surface area (Å²) < 4.78 is 0. The first-order chi connectivity index (χ1) is 17.4. The van der Waals surface area contributed by atoms with E-state index in [-0.39, 0.29) is 17.5 Å². The number of hydrogen-bond donors (Lipinski definition) is 2. The van der Waals surface area contributed by atoms with Crippen LogP contribution in [0.25, 0.3) is 0 Å². The van der Waals surface area contributed by atoms with Gasteiger partial charge in [0, 0.05) is 11.5 Å². The van der Waals surface area contributed by atoms with Crippen molar-refractivity contribution in [2.45, 2.75) is 64.5 Å². The minimum atomic E-state index is -1.15. The maximum Gasteiger partial charge on any atom is 0.351 e. The largest absolute Gasteiger partial charge is 0.477 e. The average Bonchev–Trinajstić information content (AvgIpc) is 3.15. The van der Waals surface area contributed by atoms with Crippen LogP contribution in [0.5, 0.6) is 0 Å². The molecule has 7 heteroatoms. The van der Waals surface area contributed by atoms with E-state index < -0.39 is 12.1 Å². The number of nitrogens with zero attached hydrogens (tertiary/aromatic N) is 3. The summed E-state index contributed by atoms with van der Waals surface area (Å²) >= 11 is 0. The van der Waals surface area contributed by atoms with Crippen LogP contribution < -0.4 is 5.32 Å². The molecule has 2 unspecified atom stereocenters. The average molecular weight is 485 g/mol. The van der Waals surface area contributed by atoms with E-state index in [1.54, 1.807) is 0 Å². The maximum absolute atomic E-state index is 13.7. The monoisotopic (exact) mass is 484 g/mol. The predicted octanol–water partition coefficient (Wildman–Crippen LogP) is 5.16. The van der Waals surface area contributed by atoms with Gasteiger partial charge in [0.1, 0.15) is 11.9 Å². The highest BCUT2D eigenvalue weighted by molar-refractivity contribution is 6.34. The van der Waals surface area contributed by atoms with Gasteiger partial charge < -0.3 is 10.4 Å². The molecule has 0 spiro atoms. The molecule has 1 aliphatic heterocycles. The second kappa shape index (κ2) is 11.2. The molecule has 0 radical (unpaired) electrons. The molecule has 2 atom stereocenters. The van der Waals surface area contributed by atoms with E-state index in [1.165, 1.54) is 31.2 Å². The van der Waals surface area contributed by atoms with Crippen LogP contribution >= 0.6 is 0 Å². The molecule has 1 fully saturated rings. The molecule has 1 amide bonds. The lowest BCUT2D eigenvalue weighted by atomic mass is 9.83. The van der Waals surface area contributed by atoms with Gasteiger partial charge in [-0.05, 0) is 49.5 Å². The number of amides is 1. The zero-order chi connectivity index (χ0) is 25.7. The number of hydrogen-bond acceptors (Lipinski definition) is 5. The second-order valence-corrected chi connectivity index (χ2v) is 9.65. The third kappa shape index (κ3) is 5.65. The van der Waals surface area contributed by atoms with Gasteiger partial charge in [-0.15, -0.1) is 0 Å². The number of nitrogens with one attached hydrogen (secondary N) is 1. The van der Waals surface area contributed by atoms with E-state index in [2.05, 4.69) is 28.6 Å². The fraction of sp³-hybridized carbons (Fsp3) is 0.379. The number of carbonyl (C=O) groups excluding carboxylic acids is 1. The number of allylic oxidation sites excluding steroid dienone is 5. The molecule has 4 rings (SSSR count). The van der Waals surface area contributed by atoms with E-state index in [0.29, 0.717) is 23.5 Å². The zero-order valence-electron chi connectivity index (χ0n) is 20.8. The Labute approximate surface area is 212 Å². The molecular weight excluding hydrogens is 452 g/mol. The maximum atomic E-state index is 13.7. The minimum Gasteiger partial charge on any atom is -0.477 e. The van der Waals surface area contributed by atoms with E-state index in [1.807, 2.05) is 49.4 Å². The zero-order valence-corrected chi connectivity index (χ0v) is 20.8. The molecule has 0 saturated heterocycles. The Morgan fingerprint density at radius 1 is 1.19 bits per heavy atom. The molecule has 0 bridgehead atoms. The van der Waals surface area contributed by atoms with E-state index in [0.717, 1.165) is 29.7 Å². The van der Waals surface area contributed by atoms with Crippen molar-refractivity contribution in [3.05, 3.63) is 82.6 Å². The molecule has 1 aromatic carbocycles. The van der Waals surface area contributed by atoms with E-state index in [4.69, 9.17) is 5.26 Å². The summed E-state index contributed by atoms with van der Waals surface area (Å²) in [7, 11) is 0. The Kier molecular flexibility index (Phi) is 7.84. The Balaban J connectivity index is 1.67. The van der Waals surface area contributed by atoms with E-state index in [9.17, 15) is 14.7 Å². The first-order valence-corrected chi connectivity index (χ1v) is 12.6. The van der Waals surface area contributed by atoms with Crippen LogP contribution in [0.4, 0.5) is 0 Å². The summed E-state index contributed by atoms with van der Waals surface area (Å²) in [6.45, 7) is 3.21. The van der Waals surface area contributed by atoms with Crippen LogP contribution in [0, 0.1) is 17.2 Å². The van der Waals surface area contributed by atoms with Crippen molar-refractivity contribution in [2.75, 3.05) is 0 Å². The van der Waals surface area contributed by atoms with Crippen LogP contribution in [0.3, 0.4) is 0 Å². The van der Waals surface area contributed by atoms with Gasteiger partial charge in [0.15, 0.2) is 0 Å².